The maximum atomic E-state index is 16.8. The number of carbonyl (C=O) groups is 4. The summed E-state index contributed by atoms with van der Waals surface area (Å²) in [5.74, 6) is -3.23. The van der Waals surface area contributed by atoms with E-state index in [-0.39, 0.29) is 59.0 Å². The minimum atomic E-state index is -1.31. The van der Waals surface area contributed by atoms with Crippen molar-refractivity contribution in [1.82, 2.24) is 40.4 Å². The fourth-order valence-electron chi connectivity index (χ4n) is 11.2. The SMILES string of the molecule is COC(=O)N[C@H](C(=O)N1CCC[C@H]1c1nc2cc([C@H]3CC[C@H](c4cc5nc([C@@H]6CCCN6C(=O)[C@@H](NC(=O)O)C(C)C)[nH]c5cc4F)N3c3cc(F)c(N4CCCCC4)c(F)c3)c(F)cc2[nH]1)C(C)C. The molecule has 0 unspecified atom stereocenters. The van der Waals surface area contributed by atoms with Crippen molar-refractivity contribution in [3.05, 3.63) is 82.4 Å². The second-order valence-electron chi connectivity index (χ2n) is 19.8. The van der Waals surface area contributed by atoms with Crippen molar-refractivity contribution in [2.45, 2.75) is 122 Å². The molecule has 4 fully saturated rings. The van der Waals surface area contributed by atoms with Crippen molar-refractivity contribution in [2.75, 3.05) is 43.1 Å². The molecule has 3 aromatic carbocycles. The smallest absolute Gasteiger partial charge is 0.407 e. The quantitative estimate of drug-likeness (QED) is 0.0754. The molecule has 0 saturated carbocycles. The summed E-state index contributed by atoms with van der Waals surface area (Å²) in [5, 5.41) is 14.4. The Morgan fingerprint density at radius 3 is 1.54 bits per heavy atom. The van der Waals surface area contributed by atoms with Crippen LogP contribution in [0.1, 0.15) is 132 Å². The van der Waals surface area contributed by atoms with E-state index < -0.39 is 71.7 Å². The van der Waals surface area contributed by atoms with E-state index in [9.17, 15) is 24.3 Å². The number of benzene rings is 3. The number of hydrogen-bond donors (Lipinski definition) is 5. The summed E-state index contributed by atoms with van der Waals surface area (Å²) in [5.41, 5.74) is 1.83. The molecule has 0 spiro atoms. The lowest BCUT2D eigenvalue weighted by Crippen LogP contribution is -2.51. The van der Waals surface area contributed by atoms with Gasteiger partial charge in [0, 0.05) is 43.0 Å². The van der Waals surface area contributed by atoms with Crippen LogP contribution in [0.2, 0.25) is 0 Å². The number of halogens is 4. The Morgan fingerprint density at radius 1 is 0.629 bits per heavy atom. The first-order chi connectivity index (χ1) is 33.5. The fourth-order valence-corrected chi connectivity index (χ4v) is 11.2. The minimum absolute atomic E-state index is 0.0999. The van der Waals surface area contributed by atoms with E-state index in [2.05, 4.69) is 20.6 Å². The second-order valence-corrected chi connectivity index (χ2v) is 19.8. The van der Waals surface area contributed by atoms with E-state index in [1.165, 1.54) is 31.4 Å². The Morgan fingerprint density at radius 2 is 1.10 bits per heavy atom. The molecular formula is C50H60F4N10O6. The van der Waals surface area contributed by atoms with Crippen LogP contribution in [0, 0.1) is 35.1 Å². The van der Waals surface area contributed by atoms with Gasteiger partial charge in [0.05, 0.1) is 53.3 Å². The number of methoxy groups -OCH3 is 1. The zero-order valence-electron chi connectivity index (χ0n) is 40.0. The third-order valence-corrected chi connectivity index (χ3v) is 14.6. The van der Waals surface area contributed by atoms with Gasteiger partial charge in [0.15, 0.2) is 11.6 Å². The van der Waals surface area contributed by atoms with E-state index in [1.807, 2.05) is 13.8 Å². The largest absolute Gasteiger partial charge is 0.465 e. The number of piperidine rings is 1. The summed E-state index contributed by atoms with van der Waals surface area (Å²) < 4.78 is 71.1. The molecule has 16 nitrogen and oxygen atoms in total. The lowest BCUT2D eigenvalue weighted by atomic mass is 10.0. The highest BCUT2D eigenvalue weighted by Gasteiger charge is 2.42. The first-order valence-corrected chi connectivity index (χ1v) is 24.4. The van der Waals surface area contributed by atoms with Crippen LogP contribution >= 0.6 is 0 Å². The maximum Gasteiger partial charge on any atom is 0.407 e. The molecule has 2 aromatic heterocycles. The Bertz CT molecular complexity index is 2790. The van der Waals surface area contributed by atoms with Gasteiger partial charge in [0.2, 0.25) is 11.8 Å². The number of alkyl carbamates (subject to hydrolysis) is 1. The molecule has 374 valence electrons. The molecule has 4 aliphatic rings. The van der Waals surface area contributed by atoms with Crippen LogP contribution in [0.5, 0.6) is 0 Å². The van der Waals surface area contributed by atoms with Gasteiger partial charge in [-0.25, -0.2) is 37.1 Å². The third kappa shape index (κ3) is 9.16. The van der Waals surface area contributed by atoms with Gasteiger partial charge in [0.25, 0.3) is 0 Å². The average Bonchev–Trinajstić information content (AvgIpc) is 4.18. The van der Waals surface area contributed by atoms with Crippen LogP contribution < -0.4 is 20.4 Å². The third-order valence-electron chi connectivity index (χ3n) is 14.6. The van der Waals surface area contributed by atoms with Gasteiger partial charge >= 0.3 is 12.2 Å². The molecule has 5 aromatic rings. The number of carbonyl (C=O) groups excluding carboxylic acids is 3. The van der Waals surface area contributed by atoms with Crippen molar-refractivity contribution in [3.63, 3.8) is 0 Å². The lowest BCUT2D eigenvalue weighted by Gasteiger charge is -2.35. The summed E-state index contributed by atoms with van der Waals surface area (Å²) in [7, 11) is 1.23. The van der Waals surface area contributed by atoms with Crippen molar-refractivity contribution in [3.8, 4) is 0 Å². The number of nitrogens with one attached hydrogen (secondary N) is 4. The number of aromatic amines is 2. The zero-order chi connectivity index (χ0) is 49.7. The molecule has 9 rings (SSSR count). The number of likely N-dealkylation sites (tertiary alicyclic amines) is 2. The summed E-state index contributed by atoms with van der Waals surface area (Å²) in [4.78, 5) is 74.2. The molecule has 0 bridgehead atoms. The number of aromatic nitrogens is 4. The topological polar surface area (TPSA) is 192 Å². The number of imidazole rings is 2. The Balaban J connectivity index is 1.07. The zero-order valence-corrected chi connectivity index (χ0v) is 40.0. The number of fused-ring (bicyclic) bond motifs is 2. The Kier molecular flexibility index (Phi) is 13.6. The van der Waals surface area contributed by atoms with Gasteiger partial charge < -0.3 is 50.0 Å². The number of rotatable bonds is 12. The van der Waals surface area contributed by atoms with E-state index in [0.717, 1.165) is 19.3 Å². The molecule has 4 saturated heterocycles. The number of H-pyrrole nitrogens is 2. The first-order valence-electron chi connectivity index (χ1n) is 24.4. The highest BCUT2D eigenvalue weighted by molar-refractivity contribution is 5.87. The number of ether oxygens (including phenoxy) is 1. The number of nitrogens with zero attached hydrogens (tertiary/aromatic N) is 6. The van der Waals surface area contributed by atoms with E-state index >= 15 is 17.6 Å². The van der Waals surface area contributed by atoms with Gasteiger partial charge in [-0.05, 0) is 106 Å². The lowest BCUT2D eigenvalue weighted by molar-refractivity contribution is -0.136. The molecule has 20 heteroatoms. The van der Waals surface area contributed by atoms with Crippen LogP contribution in [0.15, 0.2) is 36.4 Å². The summed E-state index contributed by atoms with van der Waals surface area (Å²) in [6.45, 7) is 8.94. The molecule has 0 aliphatic carbocycles. The van der Waals surface area contributed by atoms with E-state index in [4.69, 9.17) is 14.7 Å². The standard InChI is InChI=1S/C50H60F4N10O6/c1-25(2)42(59-49(67)68)47(65)62-17-9-11-40(62)45-55-34-21-28(30(51)23-36(34)57-45)38-13-14-39(64(38)27-19-32(53)44(33(54)20-27)61-15-7-6-8-16-61)29-22-35-37(24-31(29)52)58-46(56-35)41-12-10-18-63(41)48(66)43(26(3)4)60-50(69)70-5/h19-26,38-43,59H,6-18H2,1-5H3,(H,55,57)(H,56,58)(H,60,69)(H,67,68)/t38-,39-,40+,41+,42+,43+/m1/s1. The number of carboxylic acid groups (broad SMARTS) is 1. The Hall–Kier alpha value is -6.60. The summed E-state index contributed by atoms with van der Waals surface area (Å²) >= 11 is 0. The highest BCUT2D eigenvalue weighted by Crippen LogP contribution is 2.50. The summed E-state index contributed by atoms with van der Waals surface area (Å²) in [6, 6.07) is 3.75. The molecule has 4 amide bonds. The predicted octanol–water partition coefficient (Wildman–Crippen LogP) is 9.07. The van der Waals surface area contributed by atoms with Crippen LogP contribution in [0.3, 0.4) is 0 Å². The molecule has 6 atom stereocenters. The van der Waals surface area contributed by atoms with E-state index in [0.29, 0.717) is 85.6 Å². The number of amides is 4. The van der Waals surface area contributed by atoms with Crippen molar-refractivity contribution < 1.29 is 46.6 Å². The molecule has 6 heterocycles. The van der Waals surface area contributed by atoms with Gasteiger partial charge in [-0.3, -0.25) is 9.59 Å². The van der Waals surface area contributed by atoms with Crippen LogP contribution in [-0.4, -0.2) is 104 Å². The highest BCUT2D eigenvalue weighted by atomic mass is 19.1. The average molecular weight is 973 g/mol. The Labute approximate surface area is 402 Å². The molecule has 70 heavy (non-hydrogen) atoms. The monoisotopic (exact) mass is 972 g/mol. The van der Waals surface area contributed by atoms with Crippen molar-refractivity contribution >= 4 is 57.4 Å². The fraction of sp³-hybridized carbons (Fsp3) is 0.520. The summed E-state index contributed by atoms with van der Waals surface area (Å²) in [6.07, 6.45) is 3.45. The van der Waals surface area contributed by atoms with Crippen LogP contribution in [0.4, 0.5) is 38.5 Å². The first kappa shape index (κ1) is 48.4. The number of hydrogen-bond acceptors (Lipinski definition) is 9. The second kappa shape index (κ2) is 19.7. The van der Waals surface area contributed by atoms with Gasteiger partial charge in [-0.1, -0.05) is 27.7 Å². The molecule has 4 aliphatic heterocycles. The maximum absolute atomic E-state index is 16.8. The van der Waals surface area contributed by atoms with Crippen LogP contribution in [0.25, 0.3) is 22.1 Å². The predicted molar refractivity (Wildman–Crippen MR) is 253 cm³/mol. The van der Waals surface area contributed by atoms with Crippen molar-refractivity contribution in [2.24, 2.45) is 11.8 Å². The number of anilines is 2. The van der Waals surface area contributed by atoms with Gasteiger partial charge in [-0.2, -0.15) is 0 Å². The van der Waals surface area contributed by atoms with Crippen molar-refractivity contribution in [1.29, 1.82) is 0 Å². The van der Waals surface area contributed by atoms with Crippen LogP contribution in [-0.2, 0) is 14.3 Å². The minimum Gasteiger partial charge on any atom is -0.465 e. The molecule has 0 radical (unpaired) electrons. The van der Waals surface area contributed by atoms with E-state index in [1.54, 1.807) is 45.6 Å². The van der Waals surface area contributed by atoms with Gasteiger partial charge in [-0.15, -0.1) is 0 Å². The molecular weight excluding hydrogens is 913 g/mol. The molecule has 5 N–H and O–H groups in total. The normalized spacial score (nSPS) is 21.6. The van der Waals surface area contributed by atoms with Gasteiger partial charge in [0.1, 0.15) is 41.1 Å².